The van der Waals surface area contributed by atoms with E-state index in [9.17, 15) is 9.90 Å². The fourth-order valence-corrected chi connectivity index (χ4v) is 2.47. The third-order valence-corrected chi connectivity index (χ3v) is 3.78. The van der Waals surface area contributed by atoms with Crippen LogP contribution in [-0.4, -0.2) is 17.1 Å². The first-order valence-electron chi connectivity index (χ1n) is 6.67. The van der Waals surface area contributed by atoms with E-state index in [-0.39, 0.29) is 17.9 Å². The number of benzene rings is 1. The lowest BCUT2D eigenvalue weighted by Crippen LogP contribution is -2.33. The normalized spacial score (nSPS) is 23.7. The highest BCUT2D eigenvalue weighted by Gasteiger charge is 2.24. The van der Waals surface area contributed by atoms with Crippen molar-refractivity contribution in [1.29, 1.82) is 0 Å². The molecule has 1 aromatic rings. The Kier molecular flexibility index (Phi) is 4.37. The third kappa shape index (κ3) is 3.33. The summed E-state index contributed by atoms with van der Waals surface area (Å²) in [6.07, 6.45) is 2.91. The standard InChI is InChI=1S/C15H21NO2/c1-11-4-2-3-5-13(11)10-16-15(18)12-6-8-14(17)9-7-12/h2-5,12,14,17H,6-10H2,1H3,(H,16,18). The van der Waals surface area contributed by atoms with Crippen LogP contribution in [0.1, 0.15) is 36.8 Å². The summed E-state index contributed by atoms with van der Waals surface area (Å²) in [7, 11) is 0. The highest BCUT2D eigenvalue weighted by atomic mass is 16.3. The molecular formula is C15H21NO2. The van der Waals surface area contributed by atoms with Gasteiger partial charge in [0.25, 0.3) is 0 Å². The second-order valence-electron chi connectivity index (χ2n) is 5.15. The molecule has 2 N–H and O–H groups in total. The van der Waals surface area contributed by atoms with Crippen LogP contribution < -0.4 is 5.32 Å². The van der Waals surface area contributed by atoms with Gasteiger partial charge in [-0.2, -0.15) is 0 Å². The number of carbonyl (C=O) groups excluding carboxylic acids is 1. The fourth-order valence-electron chi connectivity index (χ4n) is 2.47. The molecule has 1 aromatic carbocycles. The Bertz CT molecular complexity index is 409. The van der Waals surface area contributed by atoms with Crippen molar-refractivity contribution in [3.8, 4) is 0 Å². The van der Waals surface area contributed by atoms with E-state index in [0.29, 0.717) is 6.54 Å². The van der Waals surface area contributed by atoms with Crippen molar-refractivity contribution in [1.82, 2.24) is 5.32 Å². The Hall–Kier alpha value is -1.35. The summed E-state index contributed by atoms with van der Waals surface area (Å²) >= 11 is 0. The predicted octanol–water partition coefficient (Wildman–Crippen LogP) is 2.16. The van der Waals surface area contributed by atoms with Gasteiger partial charge in [0.05, 0.1) is 6.10 Å². The largest absolute Gasteiger partial charge is 0.393 e. The molecule has 1 aliphatic carbocycles. The van der Waals surface area contributed by atoms with Gasteiger partial charge >= 0.3 is 0 Å². The predicted molar refractivity (Wildman–Crippen MR) is 71.0 cm³/mol. The van der Waals surface area contributed by atoms with Gasteiger partial charge in [-0.1, -0.05) is 24.3 Å². The van der Waals surface area contributed by atoms with Crippen LogP contribution >= 0.6 is 0 Å². The van der Waals surface area contributed by atoms with Gasteiger partial charge < -0.3 is 10.4 Å². The SMILES string of the molecule is Cc1ccccc1CNC(=O)C1CCC(O)CC1. The average molecular weight is 247 g/mol. The zero-order valence-corrected chi connectivity index (χ0v) is 10.9. The number of aliphatic hydroxyl groups is 1. The number of hydrogen-bond acceptors (Lipinski definition) is 2. The molecule has 0 spiro atoms. The Morgan fingerprint density at radius 1 is 1.28 bits per heavy atom. The maximum Gasteiger partial charge on any atom is 0.223 e. The molecule has 0 saturated heterocycles. The molecule has 0 aromatic heterocycles. The van der Waals surface area contributed by atoms with Crippen molar-refractivity contribution in [2.24, 2.45) is 5.92 Å². The number of carbonyl (C=O) groups is 1. The summed E-state index contributed by atoms with van der Waals surface area (Å²) in [5.41, 5.74) is 2.37. The molecule has 2 rings (SSSR count). The van der Waals surface area contributed by atoms with Gasteiger partial charge in [0.1, 0.15) is 0 Å². The summed E-state index contributed by atoms with van der Waals surface area (Å²) in [6, 6.07) is 8.09. The van der Waals surface area contributed by atoms with Gasteiger partial charge in [-0.25, -0.2) is 0 Å². The lowest BCUT2D eigenvalue weighted by molar-refractivity contribution is -0.126. The Morgan fingerprint density at radius 3 is 2.61 bits per heavy atom. The van der Waals surface area contributed by atoms with E-state index in [0.717, 1.165) is 25.7 Å². The van der Waals surface area contributed by atoms with E-state index in [4.69, 9.17) is 0 Å². The molecule has 0 heterocycles. The van der Waals surface area contributed by atoms with Crippen LogP contribution in [0.25, 0.3) is 0 Å². The van der Waals surface area contributed by atoms with Crippen molar-refractivity contribution in [3.05, 3.63) is 35.4 Å². The minimum Gasteiger partial charge on any atom is -0.393 e. The third-order valence-electron chi connectivity index (χ3n) is 3.78. The minimum atomic E-state index is -0.203. The quantitative estimate of drug-likeness (QED) is 0.860. The van der Waals surface area contributed by atoms with Crippen LogP contribution in [0.5, 0.6) is 0 Å². The van der Waals surface area contributed by atoms with Crippen LogP contribution in [0.4, 0.5) is 0 Å². The molecular weight excluding hydrogens is 226 g/mol. The molecule has 18 heavy (non-hydrogen) atoms. The van der Waals surface area contributed by atoms with Gasteiger partial charge in [0, 0.05) is 12.5 Å². The molecule has 3 heteroatoms. The van der Waals surface area contributed by atoms with E-state index in [2.05, 4.69) is 18.3 Å². The maximum atomic E-state index is 12.0. The van der Waals surface area contributed by atoms with E-state index in [1.54, 1.807) is 0 Å². The maximum absolute atomic E-state index is 12.0. The van der Waals surface area contributed by atoms with Gasteiger partial charge in [-0.05, 0) is 43.7 Å². The van der Waals surface area contributed by atoms with E-state index < -0.39 is 0 Å². The number of hydrogen-bond donors (Lipinski definition) is 2. The number of amides is 1. The van der Waals surface area contributed by atoms with Gasteiger partial charge in [-0.15, -0.1) is 0 Å². The first-order chi connectivity index (χ1) is 8.66. The highest BCUT2D eigenvalue weighted by Crippen LogP contribution is 2.24. The van der Waals surface area contributed by atoms with Crippen molar-refractivity contribution >= 4 is 5.91 Å². The van der Waals surface area contributed by atoms with Crippen LogP contribution in [0, 0.1) is 12.8 Å². The summed E-state index contributed by atoms with van der Waals surface area (Å²) < 4.78 is 0. The molecule has 0 aliphatic heterocycles. The zero-order chi connectivity index (χ0) is 13.0. The fraction of sp³-hybridized carbons (Fsp3) is 0.533. The lowest BCUT2D eigenvalue weighted by Gasteiger charge is -2.24. The molecule has 1 saturated carbocycles. The highest BCUT2D eigenvalue weighted by molar-refractivity contribution is 5.78. The number of rotatable bonds is 3. The second-order valence-corrected chi connectivity index (χ2v) is 5.15. The van der Waals surface area contributed by atoms with E-state index in [1.165, 1.54) is 11.1 Å². The molecule has 0 unspecified atom stereocenters. The molecule has 1 aliphatic rings. The summed E-state index contributed by atoms with van der Waals surface area (Å²) in [5, 5.41) is 12.4. The topological polar surface area (TPSA) is 49.3 Å². The monoisotopic (exact) mass is 247 g/mol. The molecule has 0 bridgehead atoms. The van der Waals surface area contributed by atoms with Crippen molar-refractivity contribution in [2.75, 3.05) is 0 Å². The second kappa shape index (κ2) is 6.01. The molecule has 3 nitrogen and oxygen atoms in total. The molecule has 0 radical (unpaired) electrons. The Labute approximate surface area is 108 Å². The van der Waals surface area contributed by atoms with Crippen molar-refractivity contribution in [3.63, 3.8) is 0 Å². The van der Waals surface area contributed by atoms with Crippen molar-refractivity contribution < 1.29 is 9.90 Å². The lowest BCUT2D eigenvalue weighted by atomic mass is 9.87. The first kappa shape index (κ1) is 13.1. The minimum absolute atomic E-state index is 0.0809. The average Bonchev–Trinajstić information content (AvgIpc) is 2.38. The molecule has 1 fully saturated rings. The van der Waals surface area contributed by atoms with Crippen LogP contribution in [0.3, 0.4) is 0 Å². The first-order valence-corrected chi connectivity index (χ1v) is 6.67. The van der Waals surface area contributed by atoms with Crippen LogP contribution in [0.2, 0.25) is 0 Å². The van der Waals surface area contributed by atoms with Crippen LogP contribution in [-0.2, 0) is 11.3 Å². The van der Waals surface area contributed by atoms with Gasteiger partial charge in [-0.3, -0.25) is 4.79 Å². The number of aryl methyl sites for hydroxylation is 1. The number of nitrogens with one attached hydrogen (secondary N) is 1. The molecule has 1 amide bonds. The Morgan fingerprint density at radius 2 is 1.94 bits per heavy atom. The van der Waals surface area contributed by atoms with Gasteiger partial charge in [0.2, 0.25) is 5.91 Å². The van der Waals surface area contributed by atoms with Crippen LogP contribution in [0.15, 0.2) is 24.3 Å². The summed E-state index contributed by atoms with van der Waals surface area (Å²) in [4.78, 5) is 12.0. The van der Waals surface area contributed by atoms with E-state index in [1.807, 2.05) is 18.2 Å². The van der Waals surface area contributed by atoms with Crippen molar-refractivity contribution in [2.45, 2.75) is 45.3 Å². The zero-order valence-electron chi connectivity index (χ0n) is 10.9. The van der Waals surface area contributed by atoms with E-state index >= 15 is 0 Å². The smallest absolute Gasteiger partial charge is 0.223 e. The van der Waals surface area contributed by atoms with Gasteiger partial charge in [0.15, 0.2) is 0 Å². The Balaban J connectivity index is 1.83. The summed E-state index contributed by atoms with van der Waals surface area (Å²) in [5.74, 6) is 0.211. The molecule has 0 atom stereocenters. The molecule has 98 valence electrons. The number of aliphatic hydroxyl groups excluding tert-OH is 1. The summed E-state index contributed by atoms with van der Waals surface area (Å²) in [6.45, 7) is 2.66.